The number of hydrogen-bond donors (Lipinski definition) is 1. The second-order valence-corrected chi connectivity index (χ2v) is 7.31. The first kappa shape index (κ1) is 22.0. The first-order chi connectivity index (χ1) is 13.4. The van der Waals surface area contributed by atoms with Crippen LogP contribution < -0.4 is 9.47 Å². The molecule has 0 amide bonds. The molecule has 5 nitrogen and oxygen atoms in total. The lowest BCUT2D eigenvalue weighted by Crippen LogP contribution is -2.25. The van der Waals surface area contributed by atoms with Crippen molar-refractivity contribution in [3.63, 3.8) is 0 Å². The van der Waals surface area contributed by atoms with Gasteiger partial charge in [-0.05, 0) is 63.1 Å². The number of nitrogens with zero attached hydrogens (tertiary/aromatic N) is 1. The number of halogens is 1. The minimum absolute atomic E-state index is 0.00919. The van der Waals surface area contributed by atoms with Crippen molar-refractivity contribution in [2.24, 2.45) is 0 Å². The van der Waals surface area contributed by atoms with Gasteiger partial charge >= 0.3 is 0 Å². The summed E-state index contributed by atoms with van der Waals surface area (Å²) in [6.45, 7) is 6.17. The Balaban J connectivity index is 1.83. The van der Waals surface area contributed by atoms with Crippen molar-refractivity contribution in [3.05, 3.63) is 58.6 Å². The predicted molar refractivity (Wildman–Crippen MR) is 109 cm³/mol. The molecule has 28 heavy (non-hydrogen) atoms. The summed E-state index contributed by atoms with van der Waals surface area (Å²) in [6, 6.07) is 14.5. The van der Waals surface area contributed by atoms with E-state index in [9.17, 15) is 5.11 Å². The molecule has 2 rings (SSSR count). The molecule has 0 aliphatic carbocycles. The monoisotopic (exact) mass is 403 g/mol. The Labute approximate surface area is 171 Å². The zero-order valence-electron chi connectivity index (χ0n) is 16.4. The fourth-order valence-electron chi connectivity index (χ4n) is 2.75. The Bertz CT molecular complexity index is 803. The van der Waals surface area contributed by atoms with E-state index in [1.54, 1.807) is 12.1 Å². The summed E-state index contributed by atoms with van der Waals surface area (Å²) < 4.78 is 17.0. The van der Waals surface area contributed by atoms with Gasteiger partial charge in [-0.15, -0.1) is 0 Å². The maximum absolute atomic E-state index is 10.1. The van der Waals surface area contributed by atoms with Gasteiger partial charge in [-0.1, -0.05) is 23.7 Å². The number of nitriles is 1. The average Bonchev–Trinajstić information content (AvgIpc) is 2.64. The van der Waals surface area contributed by atoms with Gasteiger partial charge in [0.2, 0.25) is 0 Å². The quantitative estimate of drug-likeness (QED) is 0.637. The number of aliphatic hydroxyl groups is 1. The molecule has 0 saturated carbocycles. The zero-order valence-corrected chi connectivity index (χ0v) is 17.1. The molecule has 0 aliphatic rings. The molecule has 0 radical (unpaired) electrons. The SMILES string of the molecule is CC(C)O[C@H](C)Cc1cccc(OC[C@@H](O)COc2ccc(Cl)cc2C#N)c1. The van der Waals surface area contributed by atoms with Crippen molar-refractivity contribution >= 4 is 11.6 Å². The lowest BCUT2D eigenvalue weighted by Gasteiger charge is -2.17. The maximum atomic E-state index is 10.1. The van der Waals surface area contributed by atoms with Crippen LogP contribution in [-0.2, 0) is 11.2 Å². The number of benzene rings is 2. The highest BCUT2D eigenvalue weighted by molar-refractivity contribution is 6.30. The summed E-state index contributed by atoms with van der Waals surface area (Å²) >= 11 is 5.86. The standard InChI is InChI=1S/C22H26ClNO4/c1-15(2)28-16(3)9-17-5-4-6-21(10-17)26-13-20(25)14-27-22-8-7-19(23)11-18(22)12-24/h4-8,10-11,15-16,20,25H,9,13-14H2,1-3H3/t16-,20-/m1/s1. The van der Waals surface area contributed by atoms with E-state index >= 15 is 0 Å². The average molecular weight is 404 g/mol. The number of hydrogen-bond acceptors (Lipinski definition) is 5. The summed E-state index contributed by atoms with van der Waals surface area (Å²) in [7, 11) is 0. The van der Waals surface area contributed by atoms with Gasteiger partial charge < -0.3 is 19.3 Å². The summed E-state index contributed by atoms with van der Waals surface area (Å²) in [5.74, 6) is 1.06. The highest BCUT2D eigenvalue weighted by Gasteiger charge is 2.11. The van der Waals surface area contributed by atoms with Crippen LogP contribution in [0, 0.1) is 11.3 Å². The normalized spacial score (nSPS) is 13.0. The molecular formula is C22H26ClNO4. The molecule has 0 bridgehead atoms. The Morgan fingerprint density at radius 2 is 1.82 bits per heavy atom. The molecule has 6 heteroatoms. The Hall–Kier alpha value is -2.26. The summed E-state index contributed by atoms with van der Waals surface area (Å²) in [5, 5.41) is 19.7. The molecule has 0 fully saturated rings. The minimum Gasteiger partial charge on any atom is -0.491 e. The lowest BCUT2D eigenvalue weighted by molar-refractivity contribution is 0.0194. The van der Waals surface area contributed by atoms with Crippen LogP contribution in [0.25, 0.3) is 0 Å². The molecule has 2 aromatic carbocycles. The third-order valence-electron chi connectivity index (χ3n) is 3.86. The fourth-order valence-corrected chi connectivity index (χ4v) is 2.92. The highest BCUT2D eigenvalue weighted by atomic mass is 35.5. The third-order valence-corrected chi connectivity index (χ3v) is 4.10. The van der Waals surface area contributed by atoms with Crippen LogP contribution in [-0.4, -0.2) is 36.6 Å². The first-order valence-corrected chi connectivity index (χ1v) is 9.63. The summed E-state index contributed by atoms with van der Waals surface area (Å²) in [4.78, 5) is 0. The van der Waals surface area contributed by atoms with E-state index in [4.69, 9.17) is 31.1 Å². The van der Waals surface area contributed by atoms with Gasteiger partial charge in [0.15, 0.2) is 0 Å². The van der Waals surface area contributed by atoms with E-state index in [-0.39, 0.29) is 25.4 Å². The smallest absolute Gasteiger partial charge is 0.137 e. The molecule has 2 aromatic rings. The Morgan fingerprint density at radius 3 is 2.54 bits per heavy atom. The van der Waals surface area contributed by atoms with E-state index in [2.05, 4.69) is 0 Å². The van der Waals surface area contributed by atoms with Crippen molar-refractivity contribution in [2.45, 2.75) is 45.5 Å². The van der Waals surface area contributed by atoms with Crippen LogP contribution in [0.2, 0.25) is 5.02 Å². The summed E-state index contributed by atoms with van der Waals surface area (Å²) in [5.41, 5.74) is 1.43. The minimum atomic E-state index is -0.839. The van der Waals surface area contributed by atoms with E-state index in [1.165, 1.54) is 6.07 Å². The topological polar surface area (TPSA) is 71.7 Å². The molecule has 0 heterocycles. The van der Waals surface area contributed by atoms with Crippen molar-refractivity contribution in [3.8, 4) is 17.6 Å². The third kappa shape index (κ3) is 7.40. The number of ether oxygens (including phenoxy) is 3. The maximum Gasteiger partial charge on any atom is 0.137 e. The number of aliphatic hydroxyl groups excluding tert-OH is 1. The van der Waals surface area contributed by atoms with Crippen molar-refractivity contribution in [1.82, 2.24) is 0 Å². The van der Waals surface area contributed by atoms with Crippen LogP contribution in [0.5, 0.6) is 11.5 Å². The predicted octanol–water partition coefficient (Wildman–Crippen LogP) is 4.39. The van der Waals surface area contributed by atoms with Crippen LogP contribution in [0.15, 0.2) is 42.5 Å². The molecular weight excluding hydrogens is 378 g/mol. The van der Waals surface area contributed by atoms with E-state index in [0.29, 0.717) is 22.1 Å². The van der Waals surface area contributed by atoms with Gasteiger partial charge in [0, 0.05) is 5.02 Å². The van der Waals surface area contributed by atoms with Crippen molar-refractivity contribution in [1.29, 1.82) is 5.26 Å². The van der Waals surface area contributed by atoms with Crippen LogP contribution in [0.1, 0.15) is 31.9 Å². The van der Waals surface area contributed by atoms with Crippen LogP contribution in [0.3, 0.4) is 0 Å². The van der Waals surface area contributed by atoms with Gasteiger partial charge in [0.05, 0.1) is 17.8 Å². The molecule has 0 aromatic heterocycles. The van der Waals surface area contributed by atoms with E-state index in [1.807, 2.05) is 51.1 Å². The lowest BCUT2D eigenvalue weighted by atomic mass is 10.1. The molecule has 0 saturated heterocycles. The second-order valence-electron chi connectivity index (χ2n) is 6.88. The Kier molecular flexibility index (Phi) is 8.59. The molecule has 150 valence electrons. The van der Waals surface area contributed by atoms with Gasteiger partial charge in [0.1, 0.15) is 36.9 Å². The van der Waals surface area contributed by atoms with E-state index < -0.39 is 6.10 Å². The number of rotatable bonds is 10. The van der Waals surface area contributed by atoms with Crippen LogP contribution >= 0.6 is 11.6 Å². The van der Waals surface area contributed by atoms with E-state index in [0.717, 1.165) is 12.0 Å². The molecule has 0 spiro atoms. The fraction of sp³-hybridized carbons (Fsp3) is 0.409. The zero-order chi connectivity index (χ0) is 20.5. The van der Waals surface area contributed by atoms with Crippen molar-refractivity contribution in [2.75, 3.05) is 13.2 Å². The molecule has 1 N–H and O–H groups in total. The summed E-state index contributed by atoms with van der Waals surface area (Å²) in [6.07, 6.45) is 0.248. The van der Waals surface area contributed by atoms with Gasteiger partial charge in [-0.25, -0.2) is 0 Å². The second kappa shape index (κ2) is 10.9. The van der Waals surface area contributed by atoms with Gasteiger partial charge in [-0.3, -0.25) is 0 Å². The van der Waals surface area contributed by atoms with Crippen molar-refractivity contribution < 1.29 is 19.3 Å². The molecule has 0 unspecified atom stereocenters. The van der Waals surface area contributed by atoms with Crippen LogP contribution in [0.4, 0.5) is 0 Å². The largest absolute Gasteiger partial charge is 0.491 e. The van der Waals surface area contributed by atoms with Gasteiger partial charge in [0.25, 0.3) is 0 Å². The van der Waals surface area contributed by atoms with Gasteiger partial charge in [-0.2, -0.15) is 5.26 Å². The first-order valence-electron chi connectivity index (χ1n) is 9.25. The Morgan fingerprint density at radius 1 is 1.07 bits per heavy atom. The molecule has 0 aliphatic heterocycles. The highest BCUT2D eigenvalue weighted by Crippen LogP contribution is 2.22. The molecule has 2 atom stereocenters.